The lowest BCUT2D eigenvalue weighted by atomic mass is 9.83. The smallest absolute Gasteiger partial charge is 0.123 e. The maximum Gasteiger partial charge on any atom is 0.123 e. The topological polar surface area (TPSA) is 0 Å². The largest absolute Gasteiger partial charge is 0.207 e. The first-order chi connectivity index (χ1) is 7.15. The summed E-state index contributed by atoms with van der Waals surface area (Å²) in [6, 6.07) is 6.78. The summed E-state index contributed by atoms with van der Waals surface area (Å²) >= 11 is 7.12. The van der Waals surface area contributed by atoms with Crippen molar-refractivity contribution in [3.05, 3.63) is 35.6 Å². The van der Waals surface area contributed by atoms with Crippen molar-refractivity contribution in [1.82, 2.24) is 0 Å². The number of alkyl halides is 2. The highest BCUT2D eigenvalue weighted by Crippen LogP contribution is 2.31. The Bertz CT molecular complexity index is 283. The summed E-state index contributed by atoms with van der Waals surface area (Å²) < 4.78 is 12.7. The van der Waals surface area contributed by atoms with E-state index in [0.29, 0.717) is 0 Å². The number of hydrogen-bond acceptors (Lipinski definition) is 0. The average molecular weight is 338 g/mol. The van der Waals surface area contributed by atoms with E-state index in [-0.39, 0.29) is 11.2 Å². The molecule has 0 unspecified atom stereocenters. The predicted molar refractivity (Wildman–Crippen MR) is 70.4 cm³/mol. The molecule has 0 aromatic heterocycles. The number of benzene rings is 1. The molecule has 0 aliphatic heterocycles. The fourth-order valence-electron chi connectivity index (χ4n) is 1.48. The Morgan fingerprint density at radius 1 is 1.13 bits per heavy atom. The van der Waals surface area contributed by atoms with Gasteiger partial charge >= 0.3 is 0 Å². The second-order valence-corrected chi connectivity index (χ2v) is 5.05. The highest BCUT2D eigenvalue weighted by molar-refractivity contribution is 9.09. The first-order valence-electron chi connectivity index (χ1n) is 5.02. The van der Waals surface area contributed by atoms with Gasteiger partial charge in [0.1, 0.15) is 5.82 Å². The van der Waals surface area contributed by atoms with Gasteiger partial charge in [0, 0.05) is 10.7 Å². The first-order valence-corrected chi connectivity index (χ1v) is 7.26. The summed E-state index contributed by atoms with van der Waals surface area (Å²) in [6.07, 6.45) is 2.07. The Morgan fingerprint density at radius 3 is 2.07 bits per heavy atom. The van der Waals surface area contributed by atoms with Crippen LogP contribution >= 0.6 is 31.9 Å². The minimum Gasteiger partial charge on any atom is -0.207 e. The highest BCUT2D eigenvalue weighted by atomic mass is 79.9. The van der Waals surface area contributed by atoms with Crippen molar-refractivity contribution < 1.29 is 4.39 Å². The summed E-state index contributed by atoms with van der Waals surface area (Å²) in [6.45, 7) is 2.19. The minimum absolute atomic E-state index is 0.168. The molecule has 15 heavy (non-hydrogen) atoms. The molecule has 3 heteroatoms. The van der Waals surface area contributed by atoms with Crippen LogP contribution in [0.15, 0.2) is 24.3 Å². The maximum absolute atomic E-state index is 12.7. The van der Waals surface area contributed by atoms with Crippen molar-refractivity contribution in [3.8, 4) is 0 Å². The van der Waals surface area contributed by atoms with Gasteiger partial charge in [0.2, 0.25) is 0 Å². The van der Waals surface area contributed by atoms with Gasteiger partial charge in [-0.15, -0.1) is 0 Å². The molecule has 0 radical (unpaired) electrons. The van der Waals surface area contributed by atoms with Gasteiger partial charge in [-0.25, -0.2) is 4.39 Å². The van der Waals surface area contributed by atoms with Crippen LogP contribution in [0.1, 0.15) is 18.9 Å². The third-order valence-corrected chi connectivity index (χ3v) is 5.19. The fourth-order valence-corrected chi connectivity index (χ4v) is 3.60. The Hall–Kier alpha value is 0.110. The molecule has 0 aliphatic carbocycles. The molecule has 0 spiro atoms. The standard InChI is InChI=1S/C12H15Br2F/c1-2-12(8-13,9-14)7-10-3-5-11(15)6-4-10/h3-6H,2,7-9H2,1H3. The Morgan fingerprint density at radius 2 is 1.67 bits per heavy atom. The highest BCUT2D eigenvalue weighted by Gasteiger charge is 2.25. The molecule has 0 heterocycles. The minimum atomic E-state index is -0.168. The molecular weight excluding hydrogens is 323 g/mol. The van der Waals surface area contributed by atoms with E-state index in [4.69, 9.17) is 0 Å². The Kier molecular flexibility index (Phi) is 5.27. The number of rotatable bonds is 5. The quantitative estimate of drug-likeness (QED) is 0.691. The summed E-state index contributed by atoms with van der Waals surface area (Å²) in [5, 5.41) is 1.91. The van der Waals surface area contributed by atoms with Gasteiger partial charge in [-0.05, 0) is 36.0 Å². The van der Waals surface area contributed by atoms with Gasteiger partial charge < -0.3 is 0 Å². The molecule has 0 atom stereocenters. The zero-order chi connectivity index (χ0) is 11.3. The zero-order valence-corrected chi connectivity index (χ0v) is 11.9. The molecule has 0 fully saturated rings. The van der Waals surface area contributed by atoms with Gasteiger partial charge in [-0.3, -0.25) is 0 Å². The third kappa shape index (κ3) is 3.56. The molecule has 0 saturated carbocycles. The predicted octanol–water partition coefficient (Wildman–Crippen LogP) is 4.55. The normalized spacial score (nSPS) is 11.7. The fraction of sp³-hybridized carbons (Fsp3) is 0.500. The number of halogens is 3. The SMILES string of the molecule is CCC(CBr)(CBr)Cc1ccc(F)cc1. The molecule has 0 N–H and O–H groups in total. The van der Waals surface area contributed by atoms with Crippen molar-refractivity contribution in [2.75, 3.05) is 10.7 Å². The lowest BCUT2D eigenvalue weighted by Crippen LogP contribution is -2.26. The molecule has 1 aromatic rings. The summed E-state index contributed by atoms with van der Waals surface area (Å²) in [4.78, 5) is 0. The monoisotopic (exact) mass is 336 g/mol. The zero-order valence-electron chi connectivity index (χ0n) is 8.77. The molecule has 1 aromatic carbocycles. The summed E-state index contributed by atoms with van der Waals surface area (Å²) in [5.74, 6) is -0.168. The van der Waals surface area contributed by atoms with Crippen molar-refractivity contribution in [1.29, 1.82) is 0 Å². The van der Waals surface area contributed by atoms with Gasteiger partial charge in [0.25, 0.3) is 0 Å². The van der Waals surface area contributed by atoms with Gasteiger partial charge in [-0.1, -0.05) is 50.9 Å². The molecule has 84 valence electrons. The van der Waals surface area contributed by atoms with Crippen molar-refractivity contribution >= 4 is 31.9 Å². The van der Waals surface area contributed by atoms with Crippen molar-refractivity contribution in [3.63, 3.8) is 0 Å². The second-order valence-electron chi connectivity index (χ2n) is 3.92. The Labute approximate surface area is 108 Å². The third-order valence-electron chi connectivity index (χ3n) is 2.81. The first kappa shape index (κ1) is 13.2. The van der Waals surface area contributed by atoms with Gasteiger partial charge in [0.05, 0.1) is 0 Å². The van der Waals surface area contributed by atoms with Crippen LogP contribution in [-0.4, -0.2) is 10.7 Å². The Balaban J connectivity index is 2.78. The van der Waals surface area contributed by atoms with Crippen molar-refractivity contribution in [2.24, 2.45) is 5.41 Å². The van der Waals surface area contributed by atoms with Gasteiger partial charge in [-0.2, -0.15) is 0 Å². The molecule has 0 saturated heterocycles. The number of hydrogen-bond donors (Lipinski definition) is 0. The van der Waals surface area contributed by atoms with E-state index >= 15 is 0 Å². The van der Waals surface area contributed by atoms with E-state index in [0.717, 1.165) is 23.5 Å². The summed E-state index contributed by atoms with van der Waals surface area (Å²) in [7, 11) is 0. The molecule has 0 amide bonds. The molecule has 1 rings (SSSR count). The van der Waals surface area contributed by atoms with Crippen LogP contribution in [0.5, 0.6) is 0 Å². The van der Waals surface area contributed by atoms with E-state index < -0.39 is 0 Å². The lowest BCUT2D eigenvalue weighted by molar-refractivity contribution is 0.373. The van der Waals surface area contributed by atoms with Crippen molar-refractivity contribution in [2.45, 2.75) is 19.8 Å². The lowest BCUT2D eigenvalue weighted by Gasteiger charge is -2.28. The van der Waals surface area contributed by atoms with Crippen LogP contribution in [0.2, 0.25) is 0 Å². The van der Waals surface area contributed by atoms with E-state index in [9.17, 15) is 4.39 Å². The average Bonchev–Trinajstić information content (AvgIpc) is 2.29. The van der Waals surface area contributed by atoms with E-state index in [1.807, 2.05) is 12.1 Å². The molecular formula is C12H15Br2F. The van der Waals surface area contributed by atoms with Crippen LogP contribution < -0.4 is 0 Å². The van der Waals surface area contributed by atoms with E-state index in [1.54, 1.807) is 0 Å². The molecule has 0 bridgehead atoms. The van der Waals surface area contributed by atoms with Crippen LogP contribution in [0.25, 0.3) is 0 Å². The maximum atomic E-state index is 12.7. The molecule has 0 aliphatic rings. The van der Waals surface area contributed by atoms with E-state index in [2.05, 4.69) is 38.8 Å². The van der Waals surface area contributed by atoms with Crippen LogP contribution in [0, 0.1) is 11.2 Å². The van der Waals surface area contributed by atoms with Gasteiger partial charge in [0.15, 0.2) is 0 Å². The second kappa shape index (κ2) is 6.00. The van der Waals surface area contributed by atoms with E-state index in [1.165, 1.54) is 17.7 Å². The molecule has 0 nitrogen and oxygen atoms in total. The van der Waals surface area contributed by atoms with Crippen LogP contribution in [0.4, 0.5) is 4.39 Å². The van der Waals surface area contributed by atoms with Crippen LogP contribution in [0.3, 0.4) is 0 Å². The summed E-state index contributed by atoms with van der Waals surface area (Å²) in [5.41, 5.74) is 1.43. The van der Waals surface area contributed by atoms with Crippen LogP contribution in [-0.2, 0) is 6.42 Å².